The summed E-state index contributed by atoms with van der Waals surface area (Å²) in [6.45, 7) is 11.9. The van der Waals surface area contributed by atoms with E-state index in [2.05, 4.69) is 30.9 Å². The van der Waals surface area contributed by atoms with Crippen LogP contribution >= 0.6 is 0 Å². The molecule has 11 heteroatoms. The third-order valence-electron chi connectivity index (χ3n) is 7.92. The Morgan fingerprint density at radius 3 is 2.42 bits per heavy atom. The van der Waals surface area contributed by atoms with Crippen molar-refractivity contribution in [2.75, 3.05) is 16.0 Å². The molecule has 0 bridgehead atoms. The van der Waals surface area contributed by atoms with Gasteiger partial charge in [-0.25, -0.2) is 23.8 Å². The molecule has 3 heterocycles. The first-order valence-electron chi connectivity index (χ1n) is 15.6. The van der Waals surface area contributed by atoms with Crippen LogP contribution in [0.1, 0.15) is 49.0 Å². The number of anilines is 4. The Labute approximate surface area is 278 Å². The summed E-state index contributed by atoms with van der Waals surface area (Å²) in [5, 5.41) is 15.4. The number of fused-ring (bicyclic) bond motifs is 1. The number of rotatable bonds is 8. The van der Waals surface area contributed by atoms with E-state index in [4.69, 9.17) is 9.84 Å². The number of halogens is 1. The number of hydrogen-bond acceptors (Lipinski definition) is 7. The van der Waals surface area contributed by atoms with Crippen molar-refractivity contribution in [1.29, 1.82) is 0 Å². The molecule has 0 aliphatic rings. The number of pyridine rings is 1. The Morgan fingerprint density at radius 1 is 0.875 bits per heavy atom. The van der Waals surface area contributed by atoms with E-state index in [1.54, 1.807) is 36.1 Å². The molecule has 0 atom stereocenters. The number of carbonyl (C=O) groups excluding carboxylic acids is 1. The molecule has 0 saturated heterocycles. The predicted molar refractivity (Wildman–Crippen MR) is 187 cm³/mol. The average Bonchev–Trinajstić information content (AvgIpc) is 3.48. The minimum Gasteiger partial charge on any atom is -0.488 e. The van der Waals surface area contributed by atoms with Gasteiger partial charge in [0.2, 0.25) is 0 Å². The van der Waals surface area contributed by atoms with E-state index in [1.165, 1.54) is 6.07 Å². The second-order valence-electron chi connectivity index (χ2n) is 12.6. The monoisotopic (exact) mass is 644 g/mol. The molecule has 0 unspecified atom stereocenters. The number of benzene rings is 3. The van der Waals surface area contributed by atoms with Crippen molar-refractivity contribution in [3.05, 3.63) is 119 Å². The van der Waals surface area contributed by atoms with Crippen LogP contribution in [0.2, 0.25) is 0 Å². The highest BCUT2D eigenvalue weighted by molar-refractivity contribution is 6.07. The summed E-state index contributed by atoms with van der Waals surface area (Å²) in [4.78, 5) is 26.7. The fourth-order valence-corrected chi connectivity index (χ4v) is 5.05. The Kier molecular flexibility index (Phi) is 8.77. The number of amides is 2. The highest BCUT2D eigenvalue weighted by atomic mass is 19.1. The molecule has 6 rings (SSSR count). The summed E-state index contributed by atoms with van der Waals surface area (Å²) >= 11 is 0. The van der Waals surface area contributed by atoms with Gasteiger partial charge in [0, 0.05) is 28.5 Å². The third kappa shape index (κ3) is 7.10. The highest BCUT2D eigenvalue weighted by Crippen LogP contribution is 2.33. The van der Waals surface area contributed by atoms with Gasteiger partial charge < -0.3 is 15.4 Å². The largest absolute Gasteiger partial charge is 0.488 e. The zero-order chi connectivity index (χ0) is 34.0. The molecular formula is C37H37FN8O2. The van der Waals surface area contributed by atoms with Crippen LogP contribution in [0, 0.1) is 26.6 Å². The molecular weight excluding hydrogens is 607 g/mol. The van der Waals surface area contributed by atoms with Gasteiger partial charge in [-0.1, -0.05) is 51.1 Å². The van der Waals surface area contributed by atoms with Crippen molar-refractivity contribution in [2.24, 2.45) is 0 Å². The summed E-state index contributed by atoms with van der Waals surface area (Å²) < 4.78 is 22.3. The minimum atomic E-state index is -0.465. The Hall–Kier alpha value is -5.84. The van der Waals surface area contributed by atoms with Gasteiger partial charge in [-0.05, 0) is 68.3 Å². The first kappa shape index (κ1) is 32.1. The van der Waals surface area contributed by atoms with Gasteiger partial charge in [0.05, 0.1) is 34.7 Å². The van der Waals surface area contributed by atoms with Crippen molar-refractivity contribution in [2.45, 2.75) is 53.6 Å². The number of hydrogen-bond donors (Lipinski definition) is 3. The van der Waals surface area contributed by atoms with Crippen LogP contribution in [0.4, 0.5) is 32.3 Å². The van der Waals surface area contributed by atoms with Gasteiger partial charge in [-0.2, -0.15) is 5.10 Å². The van der Waals surface area contributed by atoms with Crippen LogP contribution in [-0.2, 0) is 12.0 Å². The second-order valence-corrected chi connectivity index (χ2v) is 12.6. The Balaban J connectivity index is 1.19. The number of nitrogens with zero attached hydrogens (tertiary/aromatic N) is 5. The maximum Gasteiger partial charge on any atom is 0.324 e. The lowest BCUT2D eigenvalue weighted by Gasteiger charge is -2.15. The van der Waals surface area contributed by atoms with Crippen LogP contribution in [0.15, 0.2) is 85.2 Å². The number of nitrogens with one attached hydrogen (secondary N) is 3. The first-order valence-corrected chi connectivity index (χ1v) is 15.6. The summed E-state index contributed by atoms with van der Waals surface area (Å²) in [6.07, 6.45) is 3.39. The van der Waals surface area contributed by atoms with Crippen LogP contribution < -0.4 is 20.7 Å². The molecule has 48 heavy (non-hydrogen) atoms. The van der Waals surface area contributed by atoms with Crippen molar-refractivity contribution >= 4 is 39.9 Å². The molecule has 244 valence electrons. The van der Waals surface area contributed by atoms with E-state index < -0.39 is 6.03 Å². The SMILES string of the molecule is Cc1ccc(-n2nc(C(C)(C)C)cc2NC(=O)Nc2ccc(OCc3ccnc(Nc4cnc(C)c(C)n4)c3)c3ccccc23)cc1F. The smallest absolute Gasteiger partial charge is 0.324 e. The lowest BCUT2D eigenvalue weighted by atomic mass is 9.92. The van der Waals surface area contributed by atoms with Crippen LogP contribution in [-0.4, -0.2) is 30.8 Å². The van der Waals surface area contributed by atoms with Gasteiger partial charge in [-0.3, -0.25) is 10.3 Å². The van der Waals surface area contributed by atoms with Gasteiger partial charge in [-0.15, -0.1) is 0 Å². The van der Waals surface area contributed by atoms with Crippen LogP contribution in [0.3, 0.4) is 0 Å². The van der Waals surface area contributed by atoms with Crippen LogP contribution in [0.25, 0.3) is 16.5 Å². The summed E-state index contributed by atoms with van der Waals surface area (Å²) in [5.74, 6) is 1.98. The minimum absolute atomic E-state index is 0.295. The number of ether oxygens (including phenoxy) is 1. The molecule has 0 aliphatic heterocycles. The number of aryl methyl sites for hydroxylation is 3. The van der Waals surface area contributed by atoms with Crippen molar-refractivity contribution in [3.8, 4) is 11.4 Å². The maximum atomic E-state index is 14.5. The van der Waals surface area contributed by atoms with E-state index >= 15 is 0 Å². The molecule has 2 amide bonds. The molecule has 10 nitrogen and oxygen atoms in total. The predicted octanol–water partition coefficient (Wildman–Crippen LogP) is 8.54. The zero-order valence-corrected chi connectivity index (χ0v) is 27.7. The van der Waals surface area contributed by atoms with E-state index in [9.17, 15) is 9.18 Å². The van der Waals surface area contributed by atoms with Crippen LogP contribution in [0.5, 0.6) is 5.75 Å². The molecule has 0 radical (unpaired) electrons. The molecule has 6 aromatic rings. The van der Waals surface area contributed by atoms with E-state index in [0.717, 1.165) is 33.4 Å². The number of urea groups is 1. The number of carbonyl (C=O) groups is 1. The van der Waals surface area contributed by atoms with E-state index in [-0.39, 0.29) is 11.2 Å². The average molecular weight is 645 g/mol. The fourth-order valence-electron chi connectivity index (χ4n) is 5.05. The first-order chi connectivity index (χ1) is 22.9. The molecule has 0 fully saturated rings. The molecule has 0 spiro atoms. The lowest BCUT2D eigenvalue weighted by Crippen LogP contribution is -2.21. The quantitative estimate of drug-likeness (QED) is 0.152. The maximum absolute atomic E-state index is 14.5. The van der Waals surface area contributed by atoms with Gasteiger partial charge in [0.15, 0.2) is 0 Å². The lowest BCUT2D eigenvalue weighted by molar-refractivity contribution is 0.262. The number of aromatic nitrogens is 5. The van der Waals surface area contributed by atoms with Crippen molar-refractivity contribution in [1.82, 2.24) is 24.7 Å². The third-order valence-corrected chi connectivity index (χ3v) is 7.92. The fraction of sp³-hybridized carbons (Fsp3) is 0.216. The Morgan fingerprint density at radius 2 is 1.67 bits per heavy atom. The molecule has 3 aromatic carbocycles. The normalized spacial score (nSPS) is 11.4. The highest BCUT2D eigenvalue weighted by Gasteiger charge is 2.22. The Bertz CT molecular complexity index is 2140. The molecule has 0 aliphatic carbocycles. The molecule has 0 saturated carbocycles. The van der Waals surface area contributed by atoms with E-state index in [1.807, 2.05) is 89.2 Å². The summed E-state index contributed by atoms with van der Waals surface area (Å²) in [5.41, 5.74) is 4.73. The van der Waals surface area contributed by atoms with Crippen molar-refractivity contribution < 1.29 is 13.9 Å². The molecule has 3 aromatic heterocycles. The standard InChI is InChI=1S/C37H37FN8O2/c1-22-11-12-26(18-29(22)38)46-35(19-32(45-46)37(4,5)6)44-36(47)42-30-13-14-31(28-10-8-7-9-27(28)30)48-21-25-15-16-39-33(17-25)43-34-20-40-23(2)24(3)41-34/h7-20H,21H2,1-6H3,(H,39,41,43)(H2,42,44,47). The topological polar surface area (TPSA) is 119 Å². The van der Waals surface area contributed by atoms with Gasteiger partial charge in [0.25, 0.3) is 0 Å². The molecule has 3 N–H and O–H groups in total. The van der Waals surface area contributed by atoms with E-state index in [0.29, 0.717) is 46.7 Å². The summed E-state index contributed by atoms with van der Waals surface area (Å²) in [7, 11) is 0. The van der Waals surface area contributed by atoms with Gasteiger partial charge in [0.1, 0.15) is 35.6 Å². The zero-order valence-electron chi connectivity index (χ0n) is 27.7. The summed E-state index contributed by atoms with van der Waals surface area (Å²) in [6, 6.07) is 21.3. The van der Waals surface area contributed by atoms with Crippen molar-refractivity contribution in [3.63, 3.8) is 0 Å². The second kappa shape index (κ2) is 13.1. The van der Waals surface area contributed by atoms with Gasteiger partial charge >= 0.3 is 6.03 Å².